The molecule has 0 aliphatic rings. The molecule has 0 fully saturated rings. The quantitative estimate of drug-likeness (QED) is 0.547. The summed E-state index contributed by atoms with van der Waals surface area (Å²) in [6, 6.07) is 23.9. The number of hydrogen-bond acceptors (Lipinski definition) is 4. The van der Waals surface area contributed by atoms with Crippen molar-refractivity contribution in [2.45, 2.75) is 12.5 Å². The second kappa shape index (κ2) is 7.53. The summed E-state index contributed by atoms with van der Waals surface area (Å²) in [5, 5.41) is 0. The van der Waals surface area contributed by atoms with Crippen molar-refractivity contribution < 1.29 is 9.53 Å². The van der Waals surface area contributed by atoms with Gasteiger partial charge in [0.1, 0.15) is 6.10 Å². The average Bonchev–Trinajstić information content (AvgIpc) is 2.63. The molecule has 0 amide bonds. The fourth-order valence-corrected chi connectivity index (χ4v) is 2.63. The van der Waals surface area contributed by atoms with E-state index in [1.807, 2.05) is 66.7 Å². The Morgan fingerprint density at radius 2 is 1.56 bits per heavy atom. The molecule has 3 aromatic carbocycles. The summed E-state index contributed by atoms with van der Waals surface area (Å²) in [5.41, 5.74) is 15.4. The highest BCUT2D eigenvalue weighted by Gasteiger charge is 2.19. The average molecular weight is 332 g/mol. The van der Waals surface area contributed by atoms with Crippen molar-refractivity contribution >= 4 is 17.3 Å². The fraction of sp³-hybridized carbons (Fsp3) is 0.0952. The number of nitrogens with two attached hydrogens (primary N) is 2. The van der Waals surface area contributed by atoms with Gasteiger partial charge in [0.2, 0.25) is 0 Å². The van der Waals surface area contributed by atoms with E-state index < -0.39 is 6.10 Å². The zero-order valence-electron chi connectivity index (χ0n) is 13.8. The van der Waals surface area contributed by atoms with E-state index in [0.29, 0.717) is 23.4 Å². The van der Waals surface area contributed by atoms with Crippen LogP contribution in [0, 0.1) is 0 Å². The predicted molar refractivity (Wildman–Crippen MR) is 100 cm³/mol. The third-order valence-corrected chi connectivity index (χ3v) is 3.94. The summed E-state index contributed by atoms with van der Waals surface area (Å²) < 4.78 is 5.79. The van der Waals surface area contributed by atoms with Crippen molar-refractivity contribution in [2.75, 3.05) is 11.5 Å². The Morgan fingerprint density at radius 1 is 0.840 bits per heavy atom. The third-order valence-electron chi connectivity index (χ3n) is 3.94. The smallest absolute Gasteiger partial charge is 0.338 e. The molecule has 0 aliphatic carbocycles. The molecule has 4 heteroatoms. The molecule has 4 nitrogen and oxygen atoms in total. The molecule has 4 N–H and O–H groups in total. The molecule has 0 saturated heterocycles. The Hall–Kier alpha value is -3.27. The van der Waals surface area contributed by atoms with E-state index >= 15 is 0 Å². The van der Waals surface area contributed by atoms with Crippen LogP contribution in [-0.4, -0.2) is 5.97 Å². The summed E-state index contributed by atoms with van der Waals surface area (Å²) >= 11 is 0. The van der Waals surface area contributed by atoms with Gasteiger partial charge in [-0.2, -0.15) is 0 Å². The summed E-state index contributed by atoms with van der Waals surface area (Å²) in [6.07, 6.45) is 0.113. The minimum Gasteiger partial charge on any atom is -0.454 e. The molecule has 25 heavy (non-hydrogen) atoms. The lowest BCUT2D eigenvalue weighted by molar-refractivity contribution is 0.0297. The van der Waals surface area contributed by atoms with Crippen LogP contribution >= 0.6 is 0 Å². The molecule has 3 rings (SSSR count). The van der Waals surface area contributed by atoms with Crippen LogP contribution in [0.4, 0.5) is 11.4 Å². The third kappa shape index (κ3) is 4.38. The van der Waals surface area contributed by atoms with Gasteiger partial charge in [0.25, 0.3) is 0 Å². The SMILES string of the molecule is Nc1ccc(CC(OC(=O)c2ccccc2)c2cccc(N)c2)cc1. The number of anilines is 2. The first-order valence-electron chi connectivity index (χ1n) is 8.08. The summed E-state index contributed by atoms with van der Waals surface area (Å²) in [6.45, 7) is 0. The Labute approximate surface area is 147 Å². The number of rotatable bonds is 5. The van der Waals surface area contributed by atoms with Gasteiger partial charge < -0.3 is 16.2 Å². The molecule has 1 unspecified atom stereocenters. The van der Waals surface area contributed by atoms with Gasteiger partial charge in [-0.3, -0.25) is 0 Å². The highest BCUT2D eigenvalue weighted by atomic mass is 16.5. The van der Waals surface area contributed by atoms with E-state index in [9.17, 15) is 4.79 Å². The molecule has 0 saturated carbocycles. The molecule has 0 bridgehead atoms. The van der Waals surface area contributed by atoms with Gasteiger partial charge in [0.05, 0.1) is 5.56 Å². The van der Waals surface area contributed by atoms with Crippen molar-refractivity contribution in [1.29, 1.82) is 0 Å². The van der Waals surface area contributed by atoms with Crippen LogP contribution in [0.25, 0.3) is 0 Å². The van der Waals surface area contributed by atoms with Gasteiger partial charge in [-0.25, -0.2) is 4.79 Å². The first kappa shape index (κ1) is 16.6. The predicted octanol–water partition coefficient (Wildman–Crippen LogP) is 3.99. The van der Waals surface area contributed by atoms with E-state index in [0.717, 1.165) is 11.1 Å². The van der Waals surface area contributed by atoms with Crippen molar-refractivity contribution in [2.24, 2.45) is 0 Å². The van der Waals surface area contributed by atoms with Crippen LogP contribution in [0.2, 0.25) is 0 Å². The molecule has 0 spiro atoms. The molecule has 0 aromatic heterocycles. The molecule has 0 heterocycles. The zero-order chi connectivity index (χ0) is 17.6. The highest BCUT2D eigenvalue weighted by Crippen LogP contribution is 2.25. The number of nitrogen functional groups attached to an aromatic ring is 2. The van der Waals surface area contributed by atoms with E-state index in [4.69, 9.17) is 16.2 Å². The van der Waals surface area contributed by atoms with Crippen molar-refractivity contribution in [3.63, 3.8) is 0 Å². The Balaban J connectivity index is 1.86. The van der Waals surface area contributed by atoms with Crippen molar-refractivity contribution in [3.05, 3.63) is 95.6 Å². The van der Waals surface area contributed by atoms with Gasteiger partial charge in [-0.05, 0) is 47.5 Å². The van der Waals surface area contributed by atoms with Gasteiger partial charge >= 0.3 is 5.97 Å². The Morgan fingerprint density at radius 3 is 2.24 bits per heavy atom. The monoisotopic (exact) mass is 332 g/mol. The number of hydrogen-bond donors (Lipinski definition) is 2. The first-order chi connectivity index (χ1) is 12.1. The number of carbonyl (C=O) groups is 1. The van der Waals surface area contributed by atoms with Gasteiger partial charge in [-0.15, -0.1) is 0 Å². The summed E-state index contributed by atoms with van der Waals surface area (Å²) in [5.74, 6) is -0.358. The largest absolute Gasteiger partial charge is 0.454 e. The Kier molecular flexibility index (Phi) is 5.00. The number of esters is 1. The fourth-order valence-electron chi connectivity index (χ4n) is 2.63. The molecular weight excluding hydrogens is 312 g/mol. The van der Waals surface area contributed by atoms with Gasteiger partial charge in [0.15, 0.2) is 0 Å². The lowest BCUT2D eigenvalue weighted by Crippen LogP contribution is -2.14. The minimum absolute atomic E-state index is 0.358. The molecule has 0 radical (unpaired) electrons. The highest BCUT2D eigenvalue weighted by molar-refractivity contribution is 5.89. The van der Waals surface area contributed by atoms with Crippen LogP contribution in [0.15, 0.2) is 78.9 Å². The summed E-state index contributed by atoms with van der Waals surface area (Å²) in [7, 11) is 0. The van der Waals surface area contributed by atoms with E-state index in [-0.39, 0.29) is 5.97 Å². The van der Waals surface area contributed by atoms with Crippen LogP contribution in [-0.2, 0) is 11.2 Å². The zero-order valence-corrected chi connectivity index (χ0v) is 13.8. The molecule has 1 atom stereocenters. The van der Waals surface area contributed by atoms with Crippen LogP contribution in [0.3, 0.4) is 0 Å². The topological polar surface area (TPSA) is 78.3 Å². The number of carbonyl (C=O) groups excluding carboxylic acids is 1. The van der Waals surface area contributed by atoms with E-state index in [1.54, 1.807) is 12.1 Å². The van der Waals surface area contributed by atoms with Gasteiger partial charge in [-0.1, -0.05) is 42.5 Å². The molecule has 3 aromatic rings. The standard InChI is InChI=1S/C21H20N2O2/c22-18-11-9-15(10-12-18)13-20(17-7-4-8-19(23)14-17)25-21(24)16-5-2-1-3-6-16/h1-12,14,20H,13,22-23H2. The lowest BCUT2D eigenvalue weighted by atomic mass is 10.0. The lowest BCUT2D eigenvalue weighted by Gasteiger charge is -2.19. The molecule has 126 valence electrons. The minimum atomic E-state index is -0.431. The second-order valence-corrected chi connectivity index (χ2v) is 5.88. The maximum atomic E-state index is 12.5. The first-order valence-corrected chi connectivity index (χ1v) is 8.08. The van der Waals surface area contributed by atoms with E-state index in [2.05, 4.69) is 0 Å². The molecule has 0 aliphatic heterocycles. The maximum Gasteiger partial charge on any atom is 0.338 e. The normalized spacial score (nSPS) is 11.7. The maximum absolute atomic E-state index is 12.5. The summed E-state index contributed by atoms with van der Waals surface area (Å²) in [4.78, 5) is 12.5. The number of benzene rings is 3. The van der Waals surface area contributed by atoms with Crippen molar-refractivity contribution in [3.8, 4) is 0 Å². The molecular formula is C21H20N2O2. The van der Waals surface area contributed by atoms with E-state index in [1.165, 1.54) is 0 Å². The second-order valence-electron chi connectivity index (χ2n) is 5.88. The van der Waals surface area contributed by atoms with Crippen LogP contribution < -0.4 is 11.5 Å². The Bertz CT molecular complexity index is 845. The van der Waals surface area contributed by atoms with Crippen LogP contribution in [0.1, 0.15) is 27.6 Å². The van der Waals surface area contributed by atoms with Crippen LogP contribution in [0.5, 0.6) is 0 Å². The van der Waals surface area contributed by atoms with Crippen molar-refractivity contribution in [1.82, 2.24) is 0 Å². The van der Waals surface area contributed by atoms with Gasteiger partial charge in [0, 0.05) is 17.8 Å². The number of ether oxygens (including phenoxy) is 1.